The summed E-state index contributed by atoms with van der Waals surface area (Å²) in [6.45, 7) is 2.33. The number of nitro groups is 1. The van der Waals surface area contributed by atoms with Crippen LogP contribution in [-0.4, -0.2) is 39.9 Å². The topological polar surface area (TPSA) is 49.6 Å². The van der Waals surface area contributed by atoms with E-state index in [0.29, 0.717) is 18.2 Å². The largest absolute Gasteiger partial charge is 0.280 e. The quantitative estimate of drug-likeness (QED) is 0.621. The fourth-order valence-electron chi connectivity index (χ4n) is 4.73. The van der Waals surface area contributed by atoms with Crippen molar-refractivity contribution in [3.63, 3.8) is 0 Å². The van der Waals surface area contributed by atoms with Crippen molar-refractivity contribution in [2.75, 3.05) is 13.1 Å². The van der Waals surface area contributed by atoms with E-state index in [1.165, 1.54) is 57.2 Å². The first-order valence-electron chi connectivity index (χ1n) is 8.51. The van der Waals surface area contributed by atoms with E-state index in [-0.39, 0.29) is 10.6 Å². The lowest BCUT2D eigenvalue weighted by Gasteiger charge is -2.35. The molecule has 0 amide bonds. The highest BCUT2D eigenvalue weighted by Gasteiger charge is 2.48. The van der Waals surface area contributed by atoms with Gasteiger partial charge in [0.25, 0.3) is 5.69 Å². The number of hydrogen-bond acceptors (Lipinski definition) is 4. The first-order chi connectivity index (χ1) is 10.8. The Balaban J connectivity index is 1.67. The molecule has 0 bridgehead atoms. The molecule has 22 heavy (non-hydrogen) atoms. The van der Waals surface area contributed by atoms with Crippen LogP contribution < -0.4 is 0 Å². The maximum absolute atomic E-state index is 10.9. The van der Waals surface area contributed by atoms with E-state index < -0.39 is 0 Å². The third-order valence-corrected chi connectivity index (χ3v) is 5.66. The van der Waals surface area contributed by atoms with Crippen molar-refractivity contribution in [3.05, 3.63) is 39.9 Å². The zero-order chi connectivity index (χ0) is 15.1. The molecular formula is C17H23N3O2. The van der Waals surface area contributed by atoms with Crippen LogP contribution in [-0.2, 0) is 0 Å². The normalized spacial score (nSPS) is 30.0. The van der Waals surface area contributed by atoms with E-state index in [1.807, 2.05) is 12.1 Å². The Kier molecular flexibility index (Phi) is 3.62. The van der Waals surface area contributed by atoms with Crippen LogP contribution in [0.3, 0.4) is 0 Å². The fraction of sp³-hybridized carbons (Fsp3) is 0.647. The molecule has 3 fully saturated rings. The molecule has 2 atom stereocenters. The molecule has 1 aromatic rings. The molecular weight excluding hydrogens is 278 g/mol. The maximum Gasteiger partial charge on any atom is 0.269 e. The Bertz CT molecular complexity index is 538. The van der Waals surface area contributed by atoms with Crippen molar-refractivity contribution >= 4 is 5.69 Å². The van der Waals surface area contributed by atoms with Crippen molar-refractivity contribution in [1.29, 1.82) is 0 Å². The van der Waals surface area contributed by atoms with Crippen molar-refractivity contribution in [2.24, 2.45) is 0 Å². The van der Waals surface area contributed by atoms with Crippen LogP contribution in [0.5, 0.6) is 0 Å². The van der Waals surface area contributed by atoms with Gasteiger partial charge >= 0.3 is 0 Å². The summed E-state index contributed by atoms with van der Waals surface area (Å²) in [5, 5.41) is 10.9. The summed E-state index contributed by atoms with van der Waals surface area (Å²) in [7, 11) is 0. The van der Waals surface area contributed by atoms with E-state index in [4.69, 9.17) is 0 Å². The number of non-ortho nitro benzene ring substituents is 1. The molecule has 3 aliphatic rings. The number of rotatable bonds is 2. The van der Waals surface area contributed by atoms with Gasteiger partial charge in [-0.2, -0.15) is 0 Å². The summed E-state index contributed by atoms with van der Waals surface area (Å²) >= 11 is 0. The first-order valence-corrected chi connectivity index (χ1v) is 8.51. The predicted octanol–water partition coefficient (Wildman–Crippen LogP) is 3.32. The molecule has 3 aliphatic heterocycles. The van der Waals surface area contributed by atoms with Crippen molar-refractivity contribution in [2.45, 2.75) is 56.8 Å². The molecule has 118 valence electrons. The molecule has 0 saturated carbocycles. The average Bonchev–Trinajstić information content (AvgIpc) is 2.89. The Morgan fingerprint density at radius 1 is 0.909 bits per heavy atom. The van der Waals surface area contributed by atoms with Crippen LogP contribution in [0, 0.1) is 10.1 Å². The third kappa shape index (κ3) is 2.23. The van der Waals surface area contributed by atoms with Crippen LogP contribution in [0.15, 0.2) is 24.3 Å². The molecule has 0 unspecified atom stereocenters. The molecule has 0 N–H and O–H groups in total. The van der Waals surface area contributed by atoms with E-state index in [0.717, 1.165) is 0 Å². The van der Waals surface area contributed by atoms with Gasteiger partial charge in [-0.3, -0.25) is 19.9 Å². The molecule has 0 spiro atoms. The highest BCUT2D eigenvalue weighted by atomic mass is 16.6. The number of hydrogen-bond donors (Lipinski definition) is 0. The number of fused-ring (bicyclic) bond motifs is 3. The molecule has 0 aliphatic carbocycles. The average molecular weight is 301 g/mol. The van der Waals surface area contributed by atoms with E-state index in [2.05, 4.69) is 9.80 Å². The minimum absolute atomic E-state index is 0.187. The van der Waals surface area contributed by atoms with Gasteiger partial charge in [-0.25, -0.2) is 0 Å². The maximum atomic E-state index is 10.9. The molecule has 0 radical (unpaired) electrons. The highest BCUT2D eigenvalue weighted by Crippen LogP contribution is 2.45. The summed E-state index contributed by atoms with van der Waals surface area (Å²) in [5.41, 5.74) is 1.41. The van der Waals surface area contributed by atoms with E-state index >= 15 is 0 Å². The summed E-state index contributed by atoms with van der Waals surface area (Å²) in [6.07, 6.45) is 8.20. The second kappa shape index (κ2) is 5.63. The Labute approximate surface area is 131 Å². The second-order valence-corrected chi connectivity index (χ2v) is 6.82. The number of nitrogens with zero attached hydrogens (tertiary/aromatic N) is 3. The number of piperidine rings is 2. The third-order valence-electron chi connectivity index (χ3n) is 5.66. The SMILES string of the molecule is O=[N+]([O-])c1ccc(C2N3CCCC[C@@H]3[C@H]3CCCCN23)cc1. The van der Waals surface area contributed by atoms with Gasteiger partial charge < -0.3 is 0 Å². The van der Waals surface area contributed by atoms with Crippen LogP contribution >= 0.6 is 0 Å². The van der Waals surface area contributed by atoms with Gasteiger partial charge in [0.15, 0.2) is 0 Å². The fourth-order valence-corrected chi connectivity index (χ4v) is 4.73. The number of nitro benzene ring substituents is 1. The van der Waals surface area contributed by atoms with Gasteiger partial charge in [-0.05, 0) is 43.4 Å². The molecule has 5 heteroatoms. The van der Waals surface area contributed by atoms with Crippen LogP contribution in [0.4, 0.5) is 5.69 Å². The molecule has 3 heterocycles. The van der Waals surface area contributed by atoms with Gasteiger partial charge in [-0.1, -0.05) is 12.8 Å². The van der Waals surface area contributed by atoms with Gasteiger partial charge in [0.1, 0.15) is 0 Å². The number of benzene rings is 1. The summed E-state index contributed by atoms with van der Waals surface area (Å²) < 4.78 is 0. The summed E-state index contributed by atoms with van der Waals surface area (Å²) in [5.74, 6) is 0. The van der Waals surface area contributed by atoms with Gasteiger partial charge in [0, 0.05) is 37.3 Å². The zero-order valence-corrected chi connectivity index (χ0v) is 12.9. The lowest BCUT2D eigenvalue weighted by Crippen LogP contribution is -2.41. The Morgan fingerprint density at radius 2 is 1.45 bits per heavy atom. The minimum Gasteiger partial charge on any atom is -0.280 e. The standard InChI is InChI=1S/C17H23N3O2/c21-20(22)14-9-7-13(8-10-14)17-18-11-3-1-5-15(18)16-6-2-4-12-19(16)17/h7-10,15-17H,1-6,11-12H2/t15-,16-/m1/s1. The monoisotopic (exact) mass is 301 g/mol. The summed E-state index contributed by atoms with van der Waals surface area (Å²) in [4.78, 5) is 15.9. The van der Waals surface area contributed by atoms with Gasteiger partial charge in [0.2, 0.25) is 0 Å². The second-order valence-electron chi connectivity index (χ2n) is 6.82. The molecule has 4 rings (SSSR count). The van der Waals surface area contributed by atoms with E-state index in [1.54, 1.807) is 12.1 Å². The van der Waals surface area contributed by atoms with Crippen LogP contribution in [0.1, 0.15) is 50.3 Å². The molecule has 3 saturated heterocycles. The Morgan fingerprint density at radius 3 is 1.95 bits per heavy atom. The lowest BCUT2D eigenvalue weighted by atomic mass is 9.92. The lowest BCUT2D eigenvalue weighted by molar-refractivity contribution is -0.384. The molecule has 5 nitrogen and oxygen atoms in total. The van der Waals surface area contributed by atoms with Crippen molar-refractivity contribution < 1.29 is 4.92 Å². The Hall–Kier alpha value is -1.46. The van der Waals surface area contributed by atoms with Crippen LogP contribution in [0.2, 0.25) is 0 Å². The van der Waals surface area contributed by atoms with Crippen molar-refractivity contribution in [1.82, 2.24) is 9.80 Å². The molecule has 0 aromatic heterocycles. The highest BCUT2D eigenvalue weighted by molar-refractivity contribution is 5.35. The predicted molar refractivity (Wildman–Crippen MR) is 84.5 cm³/mol. The van der Waals surface area contributed by atoms with Crippen LogP contribution in [0.25, 0.3) is 0 Å². The first kappa shape index (κ1) is 14.2. The van der Waals surface area contributed by atoms with Gasteiger partial charge in [0.05, 0.1) is 11.1 Å². The minimum atomic E-state index is -0.314. The summed E-state index contributed by atoms with van der Waals surface area (Å²) in [6, 6.07) is 8.62. The molecule has 1 aromatic carbocycles. The van der Waals surface area contributed by atoms with Crippen molar-refractivity contribution in [3.8, 4) is 0 Å². The smallest absolute Gasteiger partial charge is 0.269 e. The van der Waals surface area contributed by atoms with Gasteiger partial charge in [-0.15, -0.1) is 0 Å². The van der Waals surface area contributed by atoms with E-state index in [9.17, 15) is 10.1 Å². The zero-order valence-electron chi connectivity index (χ0n) is 12.9.